The topological polar surface area (TPSA) is 55.1 Å². The number of rotatable bonds is 5. The minimum atomic E-state index is -0.473. The quantitative estimate of drug-likeness (QED) is 0.849. The van der Waals surface area contributed by atoms with E-state index in [0.29, 0.717) is 11.6 Å². The Hall–Kier alpha value is -1.06. The van der Waals surface area contributed by atoms with Crippen molar-refractivity contribution in [2.45, 2.75) is 26.7 Å². The molecule has 17 heavy (non-hydrogen) atoms. The Kier molecular flexibility index (Phi) is 4.97. The Bertz CT molecular complexity index is 363. The van der Waals surface area contributed by atoms with Crippen LogP contribution in [0.2, 0.25) is 5.02 Å². The van der Waals surface area contributed by atoms with Gasteiger partial charge in [0.15, 0.2) is 0 Å². The molecule has 0 unspecified atom stereocenters. The third-order valence-electron chi connectivity index (χ3n) is 3.33. The van der Waals surface area contributed by atoms with Crippen LogP contribution in [-0.2, 0) is 4.79 Å². The second kappa shape index (κ2) is 6.03. The first-order chi connectivity index (χ1) is 8.07. The molecule has 0 bridgehead atoms. The van der Waals surface area contributed by atoms with Gasteiger partial charge in [0.05, 0.1) is 5.41 Å². The van der Waals surface area contributed by atoms with E-state index in [-0.39, 0.29) is 5.91 Å². The van der Waals surface area contributed by atoms with Crippen molar-refractivity contribution in [3.8, 4) is 0 Å². The minimum absolute atomic E-state index is 0.0210. The highest BCUT2D eigenvalue weighted by Crippen LogP contribution is 2.27. The Labute approximate surface area is 107 Å². The molecule has 3 N–H and O–H groups in total. The second-order valence-corrected chi connectivity index (χ2v) is 4.59. The molecule has 0 atom stereocenters. The van der Waals surface area contributed by atoms with Gasteiger partial charge in [0.1, 0.15) is 0 Å². The maximum Gasteiger partial charge on any atom is 0.231 e. The molecule has 0 saturated carbocycles. The number of nitrogens with two attached hydrogens (primary N) is 1. The second-order valence-electron chi connectivity index (χ2n) is 4.15. The average molecular weight is 255 g/mol. The first kappa shape index (κ1) is 14.0. The van der Waals surface area contributed by atoms with Gasteiger partial charge in [-0.15, -0.1) is 0 Å². The lowest BCUT2D eigenvalue weighted by molar-refractivity contribution is -0.125. The van der Waals surface area contributed by atoms with Crippen molar-refractivity contribution in [1.82, 2.24) is 0 Å². The van der Waals surface area contributed by atoms with E-state index in [1.165, 1.54) is 0 Å². The molecule has 0 aliphatic carbocycles. The molecular formula is C13H19ClN2O. The van der Waals surface area contributed by atoms with Crippen LogP contribution in [0.4, 0.5) is 5.69 Å². The van der Waals surface area contributed by atoms with Crippen molar-refractivity contribution in [2.24, 2.45) is 11.1 Å². The Balaban J connectivity index is 2.80. The summed E-state index contributed by atoms with van der Waals surface area (Å²) in [5, 5.41) is 3.54. The van der Waals surface area contributed by atoms with Gasteiger partial charge in [0, 0.05) is 17.3 Å². The zero-order valence-electron chi connectivity index (χ0n) is 10.3. The van der Waals surface area contributed by atoms with Crippen LogP contribution >= 0.6 is 11.6 Å². The van der Waals surface area contributed by atoms with Gasteiger partial charge in [-0.3, -0.25) is 4.79 Å². The Morgan fingerprint density at radius 1 is 1.29 bits per heavy atom. The molecule has 0 spiro atoms. The molecule has 0 aliphatic rings. The molecule has 0 aromatic heterocycles. The molecule has 4 heteroatoms. The third-order valence-corrected chi connectivity index (χ3v) is 3.58. The number of nitrogens with one attached hydrogen (secondary N) is 1. The smallest absolute Gasteiger partial charge is 0.231 e. The van der Waals surface area contributed by atoms with E-state index in [2.05, 4.69) is 5.32 Å². The predicted octanol–water partition coefficient (Wildman–Crippen LogP) is 3.04. The summed E-state index contributed by atoms with van der Waals surface area (Å²) in [6.45, 7) is 4.33. The zero-order chi connectivity index (χ0) is 12.9. The highest BCUT2D eigenvalue weighted by molar-refractivity contribution is 6.30. The van der Waals surface area contributed by atoms with Gasteiger partial charge in [-0.1, -0.05) is 25.4 Å². The number of hydrogen-bond donors (Lipinski definition) is 2. The molecule has 0 heterocycles. The molecule has 1 amide bonds. The fourth-order valence-corrected chi connectivity index (χ4v) is 1.88. The van der Waals surface area contributed by atoms with Crippen LogP contribution in [0.15, 0.2) is 24.3 Å². The average Bonchev–Trinajstić information content (AvgIpc) is 2.35. The standard InChI is InChI=1S/C13H19ClN2O/c1-3-13(4-2,9-15)12(17)16-11-7-5-10(14)6-8-11/h5-8H,3-4,9,15H2,1-2H3,(H,16,17). The minimum Gasteiger partial charge on any atom is -0.329 e. The molecule has 1 aromatic rings. The summed E-state index contributed by atoms with van der Waals surface area (Å²) in [5.41, 5.74) is 6.00. The van der Waals surface area contributed by atoms with E-state index in [1.807, 2.05) is 13.8 Å². The van der Waals surface area contributed by atoms with Crippen LogP contribution in [0.3, 0.4) is 0 Å². The first-order valence-electron chi connectivity index (χ1n) is 5.85. The van der Waals surface area contributed by atoms with Gasteiger partial charge < -0.3 is 11.1 Å². The molecule has 94 valence electrons. The summed E-state index contributed by atoms with van der Waals surface area (Å²) in [6.07, 6.45) is 1.47. The fourth-order valence-electron chi connectivity index (χ4n) is 1.75. The van der Waals surface area contributed by atoms with Crippen molar-refractivity contribution in [3.63, 3.8) is 0 Å². The number of hydrogen-bond acceptors (Lipinski definition) is 2. The van der Waals surface area contributed by atoms with E-state index < -0.39 is 5.41 Å². The SMILES string of the molecule is CCC(CC)(CN)C(=O)Nc1ccc(Cl)cc1. The van der Waals surface area contributed by atoms with Gasteiger partial charge in [-0.05, 0) is 37.1 Å². The lowest BCUT2D eigenvalue weighted by atomic mass is 9.81. The normalized spacial score (nSPS) is 11.3. The highest BCUT2D eigenvalue weighted by atomic mass is 35.5. The van der Waals surface area contributed by atoms with E-state index in [4.69, 9.17) is 17.3 Å². The summed E-state index contributed by atoms with van der Waals surface area (Å²) in [5.74, 6) is -0.0210. The van der Waals surface area contributed by atoms with Crippen molar-refractivity contribution in [2.75, 3.05) is 11.9 Å². The number of halogens is 1. The summed E-state index contributed by atoms with van der Waals surface area (Å²) in [4.78, 5) is 12.2. The molecule has 1 rings (SSSR count). The van der Waals surface area contributed by atoms with E-state index in [0.717, 1.165) is 18.5 Å². The number of benzene rings is 1. The molecule has 0 radical (unpaired) electrons. The first-order valence-corrected chi connectivity index (χ1v) is 6.23. The van der Waals surface area contributed by atoms with E-state index in [9.17, 15) is 4.79 Å². The lowest BCUT2D eigenvalue weighted by Gasteiger charge is -2.28. The number of carbonyl (C=O) groups excluding carboxylic acids is 1. The molecule has 3 nitrogen and oxygen atoms in total. The highest BCUT2D eigenvalue weighted by Gasteiger charge is 2.33. The van der Waals surface area contributed by atoms with Crippen LogP contribution < -0.4 is 11.1 Å². The van der Waals surface area contributed by atoms with Crippen molar-refractivity contribution in [1.29, 1.82) is 0 Å². The maximum absolute atomic E-state index is 12.2. The molecule has 1 aromatic carbocycles. The maximum atomic E-state index is 12.2. The molecular weight excluding hydrogens is 236 g/mol. The Morgan fingerprint density at radius 3 is 2.24 bits per heavy atom. The summed E-state index contributed by atoms with van der Waals surface area (Å²) in [6, 6.07) is 7.07. The Morgan fingerprint density at radius 2 is 1.82 bits per heavy atom. The van der Waals surface area contributed by atoms with Crippen LogP contribution in [-0.4, -0.2) is 12.5 Å². The predicted molar refractivity (Wildman–Crippen MR) is 72.2 cm³/mol. The van der Waals surface area contributed by atoms with E-state index >= 15 is 0 Å². The van der Waals surface area contributed by atoms with Crippen LogP contribution in [0.5, 0.6) is 0 Å². The number of amides is 1. The van der Waals surface area contributed by atoms with Crippen LogP contribution in [0, 0.1) is 5.41 Å². The monoisotopic (exact) mass is 254 g/mol. The lowest BCUT2D eigenvalue weighted by Crippen LogP contribution is -2.41. The third kappa shape index (κ3) is 3.20. The van der Waals surface area contributed by atoms with Gasteiger partial charge in [0.2, 0.25) is 5.91 Å². The number of carbonyl (C=O) groups is 1. The largest absolute Gasteiger partial charge is 0.329 e. The van der Waals surface area contributed by atoms with E-state index in [1.54, 1.807) is 24.3 Å². The van der Waals surface area contributed by atoms with Crippen LogP contribution in [0.1, 0.15) is 26.7 Å². The van der Waals surface area contributed by atoms with Gasteiger partial charge >= 0.3 is 0 Å². The summed E-state index contributed by atoms with van der Waals surface area (Å²) < 4.78 is 0. The molecule has 0 saturated heterocycles. The van der Waals surface area contributed by atoms with Gasteiger partial charge in [-0.2, -0.15) is 0 Å². The van der Waals surface area contributed by atoms with Crippen LogP contribution in [0.25, 0.3) is 0 Å². The summed E-state index contributed by atoms with van der Waals surface area (Å²) >= 11 is 5.79. The van der Waals surface area contributed by atoms with Gasteiger partial charge in [0.25, 0.3) is 0 Å². The fraction of sp³-hybridized carbons (Fsp3) is 0.462. The van der Waals surface area contributed by atoms with Crippen molar-refractivity contribution >= 4 is 23.2 Å². The van der Waals surface area contributed by atoms with Crippen molar-refractivity contribution < 1.29 is 4.79 Å². The zero-order valence-corrected chi connectivity index (χ0v) is 11.1. The molecule has 0 aliphatic heterocycles. The van der Waals surface area contributed by atoms with Gasteiger partial charge in [-0.25, -0.2) is 0 Å². The van der Waals surface area contributed by atoms with Crippen molar-refractivity contribution in [3.05, 3.63) is 29.3 Å². The number of anilines is 1. The molecule has 0 fully saturated rings. The summed E-state index contributed by atoms with van der Waals surface area (Å²) in [7, 11) is 0.